The average molecular weight is 309 g/mol. The van der Waals surface area contributed by atoms with Crippen LogP contribution in [0.25, 0.3) is 0 Å². The van der Waals surface area contributed by atoms with Crippen LogP contribution in [0.1, 0.15) is 5.56 Å². The Morgan fingerprint density at radius 3 is 2.60 bits per heavy atom. The monoisotopic (exact) mass is 308 g/mol. The topological polar surface area (TPSA) is 52.6 Å². The van der Waals surface area contributed by atoms with E-state index in [4.69, 9.17) is 11.6 Å². The lowest BCUT2D eigenvalue weighted by Crippen LogP contribution is -2.26. The highest BCUT2D eigenvalue weighted by atomic mass is 35.5. The van der Waals surface area contributed by atoms with Gasteiger partial charge < -0.3 is 10.4 Å². The second-order valence-corrected chi connectivity index (χ2v) is 5.03. The minimum atomic E-state index is -0.376. The van der Waals surface area contributed by atoms with E-state index < -0.39 is 0 Å². The summed E-state index contributed by atoms with van der Waals surface area (Å²) in [6, 6.07) is 13.6. The Labute approximate surface area is 127 Å². The van der Waals surface area contributed by atoms with Crippen LogP contribution in [0.5, 0.6) is 5.75 Å². The van der Waals surface area contributed by atoms with Crippen LogP contribution in [0.4, 0.5) is 10.5 Å². The molecule has 0 heterocycles. The molecule has 0 saturated carbocycles. The lowest BCUT2D eigenvalue weighted by atomic mass is 10.2. The molecule has 0 atom stereocenters. The average Bonchev–Trinajstić information content (AvgIpc) is 2.44. The molecule has 0 unspecified atom stereocenters. The van der Waals surface area contributed by atoms with Gasteiger partial charge in [0.15, 0.2) is 0 Å². The summed E-state index contributed by atoms with van der Waals surface area (Å²) in [5.74, 6) is -0.0309. The second kappa shape index (κ2) is 6.54. The number of nitrogens with zero attached hydrogens (tertiary/aromatic N) is 1. The molecule has 2 amide bonds. The number of anilines is 1. The first-order valence-corrected chi connectivity index (χ1v) is 6.64. The second-order valence-electron chi connectivity index (χ2n) is 4.14. The van der Waals surface area contributed by atoms with Crippen molar-refractivity contribution in [3.05, 3.63) is 59.1 Å². The summed E-state index contributed by atoms with van der Waals surface area (Å²) in [5.41, 5.74) is 1.46. The fraction of sp³-hybridized carbons (Fsp3) is 0.0714. The van der Waals surface area contributed by atoms with Crippen molar-refractivity contribution in [3.63, 3.8) is 0 Å². The molecule has 0 aliphatic carbocycles. The Morgan fingerprint density at radius 2 is 1.95 bits per heavy atom. The molecule has 0 aromatic heterocycles. The zero-order valence-electron chi connectivity index (χ0n) is 10.5. The Kier molecular flexibility index (Phi) is 4.76. The zero-order valence-corrected chi connectivity index (χ0v) is 12.1. The maximum absolute atomic E-state index is 11.9. The quantitative estimate of drug-likeness (QED) is 0.594. The molecule has 0 radical (unpaired) electrons. The predicted octanol–water partition coefficient (Wildman–Crippen LogP) is 3.92. The van der Waals surface area contributed by atoms with Crippen LogP contribution in [-0.2, 0) is 6.54 Å². The maximum atomic E-state index is 11.9. The van der Waals surface area contributed by atoms with E-state index in [9.17, 15) is 9.90 Å². The summed E-state index contributed by atoms with van der Waals surface area (Å²) in [6.07, 6.45) is 0. The number of phenols is 1. The van der Waals surface area contributed by atoms with Gasteiger partial charge in [0, 0.05) is 5.69 Å². The number of carbonyl (C=O) groups excluding carboxylic acids is 1. The number of halogens is 1. The number of phenolic OH excluding ortho intramolecular Hbond substituents is 1. The third-order valence-electron chi connectivity index (χ3n) is 2.61. The molecule has 2 rings (SSSR count). The Morgan fingerprint density at radius 1 is 1.25 bits per heavy atom. The number of hydrogen-bond acceptors (Lipinski definition) is 3. The van der Waals surface area contributed by atoms with Gasteiger partial charge in [0.1, 0.15) is 5.75 Å². The molecule has 2 N–H and O–H groups in total. The third kappa shape index (κ3) is 3.82. The number of urea groups is 1. The van der Waals surface area contributed by atoms with Crippen LogP contribution >= 0.6 is 24.4 Å². The summed E-state index contributed by atoms with van der Waals surface area (Å²) in [7, 11) is 0. The molecule has 20 heavy (non-hydrogen) atoms. The number of benzene rings is 2. The molecule has 0 spiro atoms. The first-order chi connectivity index (χ1) is 9.56. The minimum absolute atomic E-state index is 0.0309. The van der Waals surface area contributed by atoms with Crippen molar-refractivity contribution in [2.24, 2.45) is 0 Å². The van der Waals surface area contributed by atoms with E-state index in [2.05, 4.69) is 18.1 Å². The van der Waals surface area contributed by atoms with Gasteiger partial charge in [-0.2, -0.15) is 0 Å². The van der Waals surface area contributed by atoms with Crippen LogP contribution in [0.15, 0.2) is 48.5 Å². The van der Waals surface area contributed by atoms with Crippen molar-refractivity contribution in [2.75, 3.05) is 5.32 Å². The Balaban J connectivity index is 1.99. The molecule has 0 aliphatic heterocycles. The number of aromatic hydroxyl groups is 1. The molecule has 0 bridgehead atoms. The third-order valence-corrected chi connectivity index (χ3v) is 3.23. The number of amides is 2. The largest absolute Gasteiger partial charge is 0.506 e. The van der Waals surface area contributed by atoms with Crippen molar-refractivity contribution in [2.45, 2.75) is 6.54 Å². The van der Waals surface area contributed by atoms with E-state index in [0.29, 0.717) is 12.2 Å². The Bertz CT molecular complexity index is 607. The summed E-state index contributed by atoms with van der Waals surface area (Å²) in [5, 5.41) is 12.1. The molecular formula is C14H13ClN2O2S. The van der Waals surface area contributed by atoms with Crippen LogP contribution in [0.3, 0.4) is 0 Å². The van der Waals surface area contributed by atoms with Gasteiger partial charge in [0.05, 0.1) is 11.6 Å². The highest BCUT2D eigenvalue weighted by Crippen LogP contribution is 2.26. The standard InChI is InChI=1S/C14H13ClN2O2S/c15-12-8-11(6-7-13(12)18)16-14(19)17(20)9-10-4-2-1-3-5-10/h1-8,18,20H,9H2,(H,16,19). The molecule has 0 fully saturated rings. The fourth-order valence-electron chi connectivity index (χ4n) is 1.60. The summed E-state index contributed by atoms with van der Waals surface area (Å²) in [6.45, 7) is 0.377. The van der Waals surface area contributed by atoms with E-state index in [-0.39, 0.29) is 16.8 Å². The van der Waals surface area contributed by atoms with E-state index >= 15 is 0 Å². The molecule has 0 aliphatic rings. The number of rotatable bonds is 3. The summed E-state index contributed by atoms with van der Waals surface area (Å²) >= 11 is 9.92. The van der Waals surface area contributed by atoms with E-state index in [0.717, 1.165) is 5.56 Å². The highest BCUT2D eigenvalue weighted by molar-refractivity contribution is 7.78. The van der Waals surface area contributed by atoms with Crippen molar-refractivity contribution >= 4 is 36.1 Å². The minimum Gasteiger partial charge on any atom is -0.506 e. The van der Waals surface area contributed by atoms with Gasteiger partial charge >= 0.3 is 6.03 Å². The van der Waals surface area contributed by atoms with Crippen LogP contribution in [-0.4, -0.2) is 15.4 Å². The Hall–Kier alpha value is -1.85. The highest BCUT2D eigenvalue weighted by Gasteiger charge is 2.11. The predicted molar refractivity (Wildman–Crippen MR) is 83.1 cm³/mol. The van der Waals surface area contributed by atoms with E-state index in [1.165, 1.54) is 16.4 Å². The van der Waals surface area contributed by atoms with Gasteiger partial charge in [-0.25, -0.2) is 4.79 Å². The normalized spacial score (nSPS) is 10.1. The number of carbonyl (C=O) groups is 1. The zero-order chi connectivity index (χ0) is 14.5. The number of nitrogens with one attached hydrogen (secondary N) is 1. The molecular weight excluding hydrogens is 296 g/mol. The van der Waals surface area contributed by atoms with E-state index in [1.54, 1.807) is 6.07 Å². The van der Waals surface area contributed by atoms with Crippen LogP contribution in [0.2, 0.25) is 5.02 Å². The molecule has 4 nitrogen and oxygen atoms in total. The van der Waals surface area contributed by atoms with Gasteiger partial charge in [-0.3, -0.25) is 4.31 Å². The molecule has 2 aromatic carbocycles. The van der Waals surface area contributed by atoms with Gasteiger partial charge in [-0.1, -0.05) is 54.7 Å². The molecule has 6 heteroatoms. The van der Waals surface area contributed by atoms with Crippen LogP contribution < -0.4 is 5.32 Å². The van der Waals surface area contributed by atoms with Crippen molar-refractivity contribution in [3.8, 4) is 5.75 Å². The van der Waals surface area contributed by atoms with Gasteiger partial charge in [-0.05, 0) is 23.8 Å². The first-order valence-electron chi connectivity index (χ1n) is 5.86. The van der Waals surface area contributed by atoms with Crippen molar-refractivity contribution in [1.29, 1.82) is 0 Å². The smallest absolute Gasteiger partial charge is 0.331 e. The van der Waals surface area contributed by atoms with Gasteiger partial charge in [0.2, 0.25) is 0 Å². The fourth-order valence-corrected chi connectivity index (χ4v) is 1.99. The van der Waals surface area contributed by atoms with Crippen LogP contribution in [0, 0.1) is 0 Å². The number of thiol groups is 1. The number of hydrogen-bond donors (Lipinski definition) is 3. The summed E-state index contributed by atoms with van der Waals surface area (Å²) in [4.78, 5) is 11.9. The molecule has 2 aromatic rings. The maximum Gasteiger partial charge on any atom is 0.331 e. The lowest BCUT2D eigenvalue weighted by molar-refractivity contribution is 0.238. The van der Waals surface area contributed by atoms with Crippen molar-refractivity contribution < 1.29 is 9.90 Å². The van der Waals surface area contributed by atoms with Gasteiger partial charge in [-0.15, -0.1) is 0 Å². The molecule has 0 saturated heterocycles. The van der Waals surface area contributed by atoms with E-state index in [1.807, 2.05) is 30.3 Å². The lowest BCUT2D eigenvalue weighted by Gasteiger charge is -2.16. The SMILES string of the molecule is O=C(Nc1ccc(O)c(Cl)c1)N(S)Cc1ccccc1. The first kappa shape index (κ1) is 14.6. The summed E-state index contributed by atoms with van der Waals surface area (Å²) < 4.78 is 1.26. The van der Waals surface area contributed by atoms with Crippen molar-refractivity contribution in [1.82, 2.24) is 4.31 Å². The van der Waals surface area contributed by atoms with Gasteiger partial charge in [0.25, 0.3) is 0 Å². The molecule has 104 valence electrons.